The molecule has 11 nitrogen and oxygen atoms in total. The maximum Gasteiger partial charge on any atom is 0.249 e. The largest absolute Gasteiger partial charge is 0.394 e. The van der Waals surface area contributed by atoms with E-state index in [9.17, 15) is 40.5 Å². The standard InChI is InChI=1S/C55H107NO10/c1-3-5-7-9-11-13-15-16-17-18-19-20-21-22-23-24-25-26-27-28-29-30-31-33-35-37-39-41-43-48(59)54(64)56-46(45-65-55-53(63)52(62)51(61)49(44-57)66-55)50(60)47(58)42-40-38-36-34-32-14-12-10-8-6-4-2/h22-23,46-53,55,57-63H,3-21,24-45H2,1-2H3,(H,56,64)/b23-22-. The molecule has 392 valence electrons. The molecule has 1 aliphatic rings. The Balaban J connectivity index is 2.23. The first-order valence-corrected chi connectivity index (χ1v) is 28.1. The minimum Gasteiger partial charge on any atom is -0.394 e. The van der Waals surface area contributed by atoms with E-state index in [2.05, 4.69) is 31.3 Å². The SMILES string of the molecule is CCCCCCCCCCCCCC/C=C\CCCCCCCCCCCCCCC(O)C(=O)NC(COC1OC(CO)C(O)C(O)C1O)C(O)C(O)CCCCCCCCCCCCC. The average Bonchev–Trinajstić information content (AvgIpc) is 3.32. The smallest absolute Gasteiger partial charge is 0.249 e. The van der Waals surface area contributed by atoms with Crippen LogP contribution < -0.4 is 5.32 Å². The van der Waals surface area contributed by atoms with Crippen molar-refractivity contribution in [3.8, 4) is 0 Å². The lowest BCUT2D eigenvalue weighted by Gasteiger charge is -2.40. The van der Waals surface area contributed by atoms with E-state index in [-0.39, 0.29) is 6.42 Å². The van der Waals surface area contributed by atoms with Crippen molar-refractivity contribution in [2.75, 3.05) is 13.2 Å². The fourth-order valence-corrected chi connectivity index (χ4v) is 9.20. The first-order valence-electron chi connectivity index (χ1n) is 28.1. The maximum atomic E-state index is 13.1. The van der Waals surface area contributed by atoms with Crippen LogP contribution in [0.4, 0.5) is 0 Å². The van der Waals surface area contributed by atoms with E-state index in [0.29, 0.717) is 19.3 Å². The topological polar surface area (TPSA) is 189 Å². The van der Waals surface area contributed by atoms with Crippen molar-refractivity contribution in [2.45, 2.75) is 319 Å². The number of carbonyl (C=O) groups excluding carboxylic acids is 1. The third-order valence-electron chi connectivity index (χ3n) is 13.8. The van der Waals surface area contributed by atoms with Crippen molar-refractivity contribution in [3.63, 3.8) is 0 Å². The lowest BCUT2D eigenvalue weighted by molar-refractivity contribution is -0.303. The molecule has 1 fully saturated rings. The van der Waals surface area contributed by atoms with E-state index in [4.69, 9.17) is 9.47 Å². The number of aliphatic hydroxyl groups is 7. The summed E-state index contributed by atoms with van der Waals surface area (Å²) in [5.74, 6) is -0.695. The second kappa shape index (κ2) is 45.0. The Morgan fingerprint density at radius 1 is 0.515 bits per heavy atom. The third kappa shape index (κ3) is 33.4. The molecule has 8 N–H and O–H groups in total. The Hall–Kier alpha value is -1.15. The Labute approximate surface area is 404 Å². The summed E-state index contributed by atoms with van der Waals surface area (Å²) in [7, 11) is 0. The summed E-state index contributed by atoms with van der Waals surface area (Å²) >= 11 is 0. The van der Waals surface area contributed by atoms with Crippen LogP contribution in [-0.4, -0.2) is 110 Å². The molecule has 1 saturated heterocycles. The minimum atomic E-state index is -1.66. The zero-order valence-electron chi connectivity index (χ0n) is 42.7. The van der Waals surface area contributed by atoms with Crippen LogP contribution in [0, 0.1) is 0 Å². The van der Waals surface area contributed by atoms with Crippen LogP contribution in [0.5, 0.6) is 0 Å². The summed E-state index contributed by atoms with van der Waals surface area (Å²) in [4.78, 5) is 13.1. The maximum absolute atomic E-state index is 13.1. The van der Waals surface area contributed by atoms with Gasteiger partial charge in [0.25, 0.3) is 0 Å². The molecule has 0 aliphatic carbocycles. The molecule has 1 amide bonds. The van der Waals surface area contributed by atoms with Gasteiger partial charge in [-0.15, -0.1) is 0 Å². The van der Waals surface area contributed by atoms with Crippen molar-refractivity contribution < 1.29 is 50.0 Å². The molecule has 1 aliphatic heterocycles. The Kier molecular flexibility index (Phi) is 42.9. The Bertz CT molecular complexity index is 1080. The monoisotopic (exact) mass is 942 g/mol. The van der Waals surface area contributed by atoms with E-state index in [0.717, 1.165) is 38.5 Å². The molecular weight excluding hydrogens is 835 g/mol. The van der Waals surface area contributed by atoms with Crippen LogP contribution >= 0.6 is 0 Å². The summed E-state index contributed by atoms with van der Waals surface area (Å²) in [6, 6.07) is -1.16. The predicted molar refractivity (Wildman–Crippen MR) is 270 cm³/mol. The van der Waals surface area contributed by atoms with Gasteiger partial charge in [-0.05, 0) is 38.5 Å². The molecule has 0 saturated carbocycles. The van der Waals surface area contributed by atoms with Gasteiger partial charge in [-0.2, -0.15) is 0 Å². The van der Waals surface area contributed by atoms with Gasteiger partial charge in [0.05, 0.1) is 25.4 Å². The molecular formula is C55H107NO10. The molecule has 0 aromatic rings. The summed E-state index contributed by atoms with van der Waals surface area (Å²) in [5, 5.41) is 75.9. The second-order valence-corrected chi connectivity index (χ2v) is 20.0. The zero-order chi connectivity index (χ0) is 48.3. The molecule has 9 unspecified atom stereocenters. The number of rotatable bonds is 48. The molecule has 9 atom stereocenters. The fourth-order valence-electron chi connectivity index (χ4n) is 9.20. The lowest BCUT2D eigenvalue weighted by atomic mass is 9.98. The van der Waals surface area contributed by atoms with Gasteiger partial charge in [0, 0.05) is 0 Å². The van der Waals surface area contributed by atoms with Gasteiger partial charge in [-0.1, -0.05) is 238 Å². The molecule has 66 heavy (non-hydrogen) atoms. The number of ether oxygens (including phenoxy) is 2. The predicted octanol–water partition coefficient (Wildman–Crippen LogP) is 11.2. The van der Waals surface area contributed by atoms with E-state index in [1.807, 2.05) is 0 Å². The van der Waals surface area contributed by atoms with Crippen molar-refractivity contribution >= 4 is 5.91 Å². The lowest BCUT2D eigenvalue weighted by Crippen LogP contribution is -2.60. The summed E-state index contributed by atoms with van der Waals surface area (Å²) in [6.07, 6.45) is 40.0. The number of carbonyl (C=O) groups is 1. The zero-order valence-corrected chi connectivity index (χ0v) is 42.7. The Morgan fingerprint density at radius 2 is 0.879 bits per heavy atom. The Morgan fingerprint density at radius 3 is 1.27 bits per heavy atom. The van der Waals surface area contributed by atoms with Gasteiger partial charge < -0.3 is 50.5 Å². The summed E-state index contributed by atoms with van der Waals surface area (Å²) in [5.41, 5.74) is 0. The van der Waals surface area contributed by atoms with E-state index >= 15 is 0 Å². The van der Waals surface area contributed by atoms with E-state index < -0.39 is 74.2 Å². The summed E-state index contributed by atoms with van der Waals surface area (Å²) in [6.45, 7) is 3.46. The van der Waals surface area contributed by atoms with Crippen molar-refractivity contribution in [1.29, 1.82) is 0 Å². The van der Waals surface area contributed by atoms with Gasteiger partial charge in [-0.25, -0.2) is 0 Å². The first kappa shape index (κ1) is 62.9. The van der Waals surface area contributed by atoms with Crippen LogP contribution in [0.15, 0.2) is 12.2 Å². The number of amides is 1. The number of hydrogen-bond donors (Lipinski definition) is 8. The van der Waals surface area contributed by atoms with Gasteiger partial charge in [0.2, 0.25) is 5.91 Å². The molecule has 0 spiro atoms. The van der Waals surface area contributed by atoms with Crippen LogP contribution in [-0.2, 0) is 14.3 Å². The van der Waals surface area contributed by atoms with E-state index in [1.165, 1.54) is 186 Å². The fraction of sp³-hybridized carbons (Fsp3) is 0.945. The highest BCUT2D eigenvalue weighted by Crippen LogP contribution is 2.23. The number of nitrogens with one attached hydrogen (secondary N) is 1. The number of allylic oxidation sites excluding steroid dienone is 2. The third-order valence-corrected chi connectivity index (χ3v) is 13.8. The quantitative estimate of drug-likeness (QED) is 0.0215. The number of hydrogen-bond acceptors (Lipinski definition) is 10. The molecule has 0 radical (unpaired) electrons. The first-order chi connectivity index (χ1) is 32.2. The van der Waals surface area contributed by atoms with Crippen LogP contribution in [0.25, 0.3) is 0 Å². The van der Waals surface area contributed by atoms with Gasteiger partial charge in [0.1, 0.15) is 36.6 Å². The van der Waals surface area contributed by atoms with Gasteiger partial charge in [-0.3, -0.25) is 4.79 Å². The van der Waals surface area contributed by atoms with Crippen molar-refractivity contribution in [2.24, 2.45) is 0 Å². The molecule has 1 heterocycles. The normalized spacial score (nSPS) is 20.8. The van der Waals surface area contributed by atoms with Crippen molar-refractivity contribution in [3.05, 3.63) is 12.2 Å². The highest BCUT2D eigenvalue weighted by atomic mass is 16.7. The van der Waals surface area contributed by atoms with Crippen molar-refractivity contribution in [1.82, 2.24) is 5.32 Å². The molecule has 11 heteroatoms. The molecule has 1 rings (SSSR count). The minimum absolute atomic E-state index is 0.263. The molecule has 0 aromatic heterocycles. The second-order valence-electron chi connectivity index (χ2n) is 20.0. The van der Waals surface area contributed by atoms with E-state index in [1.54, 1.807) is 0 Å². The van der Waals surface area contributed by atoms with Gasteiger partial charge >= 0.3 is 0 Å². The number of unbranched alkanes of at least 4 members (excludes halogenated alkanes) is 34. The molecule has 0 bridgehead atoms. The van der Waals surface area contributed by atoms with Crippen LogP contribution in [0.3, 0.4) is 0 Å². The van der Waals surface area contributed by atoms with Crippen LogP contribution in [0.1, 0.15) is 264 Å². The average molecular weight is 942 g/mol. The molecule has 0 aromatic carbocycles. The highest BCUT2D eigenvalue weighted by molar-refractivity contribution is 5.80. The number of aliphatic hydroxyl groups excluding tert-OH is 7. The van der Waals surface area contributed by atoms with Crippen LogP contribution in [0.2, 0.25) is 0 Å². The highest BCUT2D eigenvalue weighted by Gasteiger charge is 2.44. The van der Waals surface area contributed by atoms with Gasteiger partial charge in [0.15, 0.2) is 6.29 Å². The summed E-state index contributed by atoms with van der Waals surface area (Å²) < 4.78 is 11.1.